The third-order valence-corrected chi connectivity index (χ3v) is 1.67. The lowest BCUT2D eigenvalue weighted by Gasteiger charge is -1.98. The van der Waals surface area contributed by atoms with Gasteiger partial charge in [0.2, 0.25) is 11.5 Å². The Labute approximate surface area is 86.6 Å². The van der Waals surface area contributed by atoms with Gasteiger partial charge in [0.15, 0.2) is 5.76 Å². The summed E-state index contributed by atoms with van der Waals surface area (Å²) in [6.45, 7) is 2.35. The fraction of sp³-hybridized carbons (Fsp3) is 0.400. The van der Waals surface area contributed by atoms with Gasteiger partial charge in [-0.2, -0.15) is 0 Å². The normalized spacial score (nSPS) is 10.2. The van der Waals surface area contributed by atoms with Crippen molar-refractivity contribution < 1.29 is 23.8 Å². The highest BCUT2D eigenvalue weighted by atomic mass is 16.5. The Morgan fingerprint density at radius 3 is 2.60 bits per heavy atom. The molecule has 1 heterocycles. The van der Waals surface area contributed by atoms with E-state index < -0.39 is 5.97 Å². The lowest BCUT2D eigenvalue weighted by atomic mass is 10.3. The lowest BCUT2D eigenvalue weighted by molar-refractivity contribution is 0.0652. The Morgan fingerprint density at radius 2 is 2.07 bits per heavy atom. The average molecular weight is 212 g/mol. The van der Waals surface area contributed by atoms with Crippen LogP contribution < -0.4 is 0 Å². The second-order valence-electron chi connectivity index (χ2n) is 2.94. The first-order valence-electron chi connectivity index (χ1n) is 4.59. The zero-order valence-corrected chi connectivity index (χ0v) is 8.36. The van der Waals surface area contributed by atoms with Crippen LogP contribution in [-0.2, 0) is 4.74 Å². The number of aromatic carboxylic acids is 1. The summed E-state index contributed by atoms with van der Waals surface area (Å²) >= 11 is 0. The number of hydrogen-bond acceptors (Lipinski definition) is 4. The minimum atomic E-state index is -1.19. The number of Topliss-reactive ketones (excluding diaryl/α,β-unsaturated/α-hetero) is 1. The van der Waals surface area contributed by atoms with Crippen LogP contribution in [0.25, 0.3) is 0 Å². The third kappa shape index (κ3) is 3.21. The first-order valence-corrected chi connectivity index (χ1v) is 4.59. The van der Waals surface area contributed by atoms with E-state index in [1.54, 1.807) is 0 Å². The van der Waals surface area contributed by atoms with E-state index in [2.05, 4.69) is 0 Å². The summed E-state index contributed by atoms with van der Waals surface area (Å²) in [7, 11) is 0. The van der Waals surface area contributed by atoms with Crippen LogP contribution in [0, 0.1) is 0 Å². The molecular formula is C10H12O5. The monoisotopic (exact) mass is 212 g/mol. The summed E-state index contributed by atoms with van der Waals surface area (Å²) in [6, 6.07) is 2.58. The van der Waals surface area contributed by atoms with Crippen molar-refractivity contribution in [3.05, 3.63) is 23.7 Å². The van der Waals surface area contributed by atoms with Crippen molar-refractivity contribution in [3.8, 4) is 0 Å². The van der Waals surface area contributed by atoms with Crippen molar-refractivity contribution in [2.45, 2.75) is 13.3 Å². The second-order valence-corrected chi connectivity index (χ2v) is 2.94. The zero-order chi connectivity index (χ0) is 11.3. The third-order valence-electron chi connectivity index (χ3n) is 1.67. The molecule has 5 nitrogen and oxygen atoms in total. The van der Waals surface area contributed by atoms with Crippen molar-refractivity contribution in [1.82, 2.24) is 0 Å². The molecule has 15 heavy (non-hydrogen) atoms. The Morgan fingerprint density at radius 1 is 1.40 bits per heavy atom. The molecule has 0 aliphatic rings. The second kappa shape index (κ2) is 5.31. The highest BCUT2D eigenvalue weighted by molar-refractivity contribution is 5.95. The molecule has 0 unspecified atom stereocenters. The number of ether oxygens (including phenoxy) is 1. The maximum absolute atomic E-state index is 11.3. The molecule has 5 heteroatoms. The van der Waals surface area contributed by atoms with E-state index in [9.17, 15) is 9.59 Å². The molecule has 1 N–H and O–H groups in total. The number of carboxylic acids is 1. The maximum atomic E-state index is 11.3. The van der Waals surface area contributed by atoms with Crippen molar-refractivity contribution in [2.24, 2.45) is 0 Å². The Hall–Kier alpha value is -1.62. The van der Waals surface area contributed by atoms with Crippen LogP contribution in [0.2, 0.25) is 0 Å². The van der Waals surface area contributed by atoms with Crippen LogP contribution in [0.15, 0.2) is 16.5 Å². The molecule has 1 rings (SSSR count). The van der Waals surface area contributed by atoms with Crippen LogP contribution in [0.4, 0.5) is 0 Å². The summed E-state index contributed by atoms with van der Waals surface area (Å²) < 4.78 is 9.82. The van der Waals surface area contributed by atoms with E-state index in [0.717, 1.165) is 6.42 Å². The van der Waals surface area contributed by atoms with Gasteiger partial charge >= 0.3 is 5.97 Å². The van der Waals surface area contributed by atoms with E-state index in [1.165, 1.54) is 12.1 Å². The number of hydrogen-bond donors (Lipinski definition) is 1. The maximum Gasteiger partial charge on any atom is 0.371 e. The van der Waals surface area contributed by atoms with Crippen molar-refractivity contribution in [1.29, 1.82) is 0 Å². The largest absolute Gasteiger partial charge is 0.475 e. The first kappa shape index (κ1) is 11.5. The fourth-order valence-corrected chi connectivity index (χ4v) is 0.983. The number of carbonyl (C=O) groups is 2. The van der Waals surface area contributed by atoms with Crippen molar-refractivity contribution >= 4 is 11.8 Å². The molecule has 1 aromatic heterocycles. The molecule has 0 saturated heterocycles. The summed E-state index contributed by atoms with van der Waals surface area (Å²) in [5.74, 6) is -1.77. The van der Waals surface area contributed by atoms with E-state index in [4.69, 9.17) is 14.3 Å². The molecule has 0 atom stereocenters. The summed E-state index contributed by atoms with van der Waals surface area (Å²) in [5.41, 5.74) is 0. The SMILES string of the molecule is CCCOCC(=O)c1ccc(C(=O)O)o1. The van der Waals surface area contributed by atoms with Crippen LogP contribution in [0.1, 0.15) is 34.5 Å². The fourth-order valence-electron chi connectivity index (χ4n) is 0.983. The number of furan rings is 1. The molecule has 0 aromatic carbocycles. The van der Waals surface area contributed by atoms with Gasteiger partial charge in [-0.05, 0) is 18.6 Å². The molecule has 0 saturated carbocycles. The average Bonchev–Trinajstić information content (AvgIpc) is 2.66. The van der Waals surface area contributed by atoms with E-state index in [-0.39, 0.29) is 23.9 Å². The molecule has 0 spiro atoms. The number of carbonyl (C=O) groups excluding carboxylic acids is 1. The zero-order valence-electron chi connectivity index (χ0n) is 8.36. The van der Waals surface area contributed by atoms with Gasteiger partial charge in [-0.15, -0.1) is 0 Å². The first-order chi connectivity index (χ1) is 7.15. The predicted molar refractivity (Wildman–Crippen MR) is 51.1 cm³/mol. The molecule has 0 aliphatic carbocycles. The van der Waals surface area contributed by atoms with Gasteiger partial charge in [0.25, 0.3) is 0 Å². The summed E-state index contributed by atoms with van der Waals surface area (Å²) in [5, 5.41) is 8.56. The quantitative estimate of drug-likeness (QED) is 0.572. The van der Waals surface area contributed by atoms with Gasteiger partial charge in [0.1, 0.15) is 6.61 Å². The van der Waals surface area contributed by atoms with E-state index >= 15 is 0 Å². The van der Waals surface area contributed by atoms with Gasteiger partial charge in [-0.3, -0.25) is 4.79 Å². The van der Waals surface area contributed by atoms with Gasteiger partial charge in [0.05, 0.1) is 0 Å². The molecule has 0 amide bonds. The summed E-state index contributed by atoms with van der Waals surface area (Å²) in [4.78, 5) is 21.8. The molecule has 0 bridgehead atoms. The minimum Gasteiger partial charge on any atom is -0.475 e. The minimum absolute atomic E-state index is 0.0171. The van der Waals surface area contributed by atoms with Gasteiger partial charge < -0.3 is 14.3 Å². The van der Waals surface area contributed by atoms with Crippen LogP contribution in [-0.4, -0.2) is 30.1 Å². The number of rotatable bonds is 6. The number of carboxylic acid groups (broad SMARTS) is 1. The molecule has 0 radical (unpaired) electrons. The van der Waals surface area contributed by atoms with Gasteiger partial charge in [-0.25, -0.2) is 4.79 Å². The van der Waals surface area contributed by atoms with E-state index in [1.807, 2.05) is 6.92 Å². The van der Waals surface area contributed by atoms with Crippen molar-refractivity contribution in [2.75, 3.05) is 13.2 Å². The highest BCUT2D eigenvalue weighted by Gasteiger charge is 2.14. The topological polar surface area (TPSA) is 76.7 Å². The smallest absolute Gasteiger partial charge is 0.371 e. The molecule has 1 aromatic rings. The Balaban J connectivity index is 2.54. The Kier molecular flexibility index (Phi) is 4.05. The number of ketones is 1. The van der Waals surface area contributed by atoms with Crippen LogP contribution in [0.5, 0.6) is 0 Å². The predicted octanol–water partition coefficient (Wildman–Crippen LogP) is 1.59. The highest BCUT2D eigenvalue weighted by Crippen LogP contribution is 2.08. The lowest BCUT2D eigenvalue weighted by Crippen LogP contribution is -2.08. The van der Waals surface area contributed by atoms with E-state index in [0.29, 0.717) is 6.61 Å². The van der Waals surface area contributed by atoms with Crippen molar-refractivity contribution in [3.63, 3.8) is 0 Å². The molecular weight excluding hydrogens is 200 g/mol. The molecule has 0 fully saturated rings. The van der Waals surface area contributed by atoms with Crippen LogP contribution in [0.3, 0.4) is 0 Å². The molecule has 0 aliphatic heterocycles. The molecule has 82 valence electrons. The van der Waals surface area contributed by atoms with Crippen LogP contribution >= 0.6 is 0 Å². The van der Waals surface area contributed by atoms with Gasteiger partial charge in [0, 0.05) is 6.61 Å². The van der Waals surface area contributed by atoms with Gasteiger partial charge in [-0.1, -0.05) is 6.92 Å². The Bertz CT molecular complexity index is 352. The standard InChI is InChI=1S/C10H12O5/c1-2-5-14-6-7(11)8-3-4-9(15-8)10(12)13/h3-4H,2,5-6H2,1H3,(H,12,13). The summed E-state index contributed by atoms with van der Waals surface area (Å²) in [6.07, 6.45) is 0.825.